The summed E-state index contributed by atoms with van der Waals surface area (Å²) in [7, 11) is 0. The molecular weight excluding hydrogens is 258 g/mol. The first-order valence-electron chi connectivity index (χ1n) is 4.76. The van der Waals surface area contributed by atoms with Crippen LogP contribution < -0.4 is 16.0 Å². The van der Waals surface area contributed by atoms with Gasteiger partial charge in [0.2, 0.25) is 5.91 Å². The van der Waals surface area contributed by atoms with E-state index in [2.05, 4.69) is 21.2 Å². The molecule has 1 aliphatic heterocycles. The van der Waals surface area contributed by atoms with Gasteiger partial charge in [-0.2, -0.15) is 0 Å². The normalized spacial score (nSPS) is 14.8. The molecule has 0 saturated heterocycles. The average molecular weight is 270 g/mol. The Labute approximate surface area is 96.6 Å². The van der Waals surface area contributed by atoms with Crippen molar-refractivity contribution in [3.8, 4) is 0 Å². The molecule has 0 fully saturated rings. The van der Waals surface area contributed by atoms with E-state index in [0.29, 0.717) is 19.6 Å². The number of hydrogen-bond acceptors (Lipinski definition) is 3. The predicted molar refractivity (Wildman–Crippen MR) is 64.0 cm³/mol. The van der Waals surface area contributed by atoms with Gasteiger partial charge in [0.15, 0.2) is 0 Å². The lowest BCUT2D eigenvalue weighted by Crippen LogP contribution is -2.42. The number of halogens is 1. The van der Waals surface area contributed by atoms with Crippen molar-refractivity contribution in [1.29, 1.82) is 0 Å². The lowest BCUT2D eigenvalue weighted by atomic mass is 10.2. The molecule has 3 N–H and O–H groups in total. The second-order valence-corrected chi connectivity index (χ2v) is 4.26. The van der Waals surface area contributed by atoms with Gasteiger partial charge in [0, 0.05) is 17.6 Å². The Kier molecular flexibility index (Phi) is 2.93. The molecule has 5 heteroatoms. The van der Waals surface area contributed by atoms with Crippen LogP contribution in [0.15, 0.2) is 22.7 Å². The molecule has 0 spiro atoms. The number of hydrogen-bond donors (Lipinski definition) is 2. The lowest BCUT2D eigenvalue weighted by Gasteiger charge is -2.30. The van der Waals surface area contributed by atoms with Crippen molar-refractivity contribution < 1.29 is 4.79 Å². The molecular formula is C10H12BrN3O. The van der Waals surface area contributed by atoms with Crippen LogP contribution in [-0.4, -0.2) is 25.5 Å². The van der Waals surface area contributed by atoms with Gasteiger partial charge in [-0.3, -0.25) is 4.79 Å². The van der Waals surface area contributed by atoms with Crippen LogP contribution in [0.25, 0.3) is 0 Å². The van der Waals surface area contributed by atoms with E-state index in [-0.39, 0.29) is 5.91 Å². The minimum atomic E-state index is 0.0612. The van der Waals surface area contributed by atoms with E-state index in [1.54, 1.807) is 4.90 Å². The van der Waals surface area contributed by atoms with Crippen molar-refractivity contribution in [3.05, 3.63) is 22.7 Å². The van der Waals surface area contributed by atoms with Gasteiger partial charge < -0.3 is 16.0 Å². The maximum Gasteiger partial charge on any atom is 0.246 e. The van der Waals surface area contributed by atoms with Gasteiger partial charge in [-0.15, -0.1) is 0 Å². The van der Waals surface area contributed by atoms with Crippen molar-refractivity contribution in [2.24, 2.45) is 5.73 Å². The number of nitrogens with zero attached hydrogens (tertiary/aromatic N) is 1. The summed E-state index contributed by atoms with van der Waals surface area (Å²) < 4.78 is 0.958. The summed E-state index contributed by atoms with van der Waals surface area (Å²) >= 11 is 3.39. The Bertz CT molecular complexity index is 394. The van der Waals surface area contributed by atoms with Crippen molar-refractivity contribution >= 4 is 33.2 Å². The molecule has 4 nitrogen and oxygen atoms in total. The molecule has 1 amide bonds. The van der Waals surface area contributed by atoms with Crippen LogP contribution in [0.3, 0.4) is 0 Å². The molecule has 15 heavy (non-hydrogen) atoms. The molecule has 0 bridgehead atoms. The van der Waals surface area contributed by atoms with E-state index in [9.17, 15) is 4.79 Å². The molecule has 0 radical (unpaired) electrons. The Balaban J connectivity index is 2.41. The molecule has 1 heterocycles. The molecule has 0 saturated carbocycles. The summed E-state index contributed by atoms with van der Waals surface area (Å²) in [4.78, 5) is 13.4. The largest absolute Gasteiger partial charge is 0.374 e. The molecule has 80 valence electrons. The number of amides is 1. The summed E-state index contributed by atoms with van der Waals surface area (Å²) in [6.07, 6.45) is 0. The van der Waals surface area contributed by atoms with Crippen LogP contribution in [0.5, 0.6) is 0 Å². The molecule has 0 aromatic heterocycles. The van der Waals surface area contributed by atoms with E-state index >= 15 is 0 Å². The van der Waals surface area contributed by atoms with Crippen LogP contribution in [0.4, 0.5) is 11.4 Å². The summed E-state index contributed by atoms with van der Waals surface area (Å²) in [5.41, 5.74) is 7.36. The zero-order valence-corrected chi connectivity index (χ0v) is 9.75. The van der Waals surface area contributed by atoms with Gasteiger partial charge in [-0.25, -0.2) is 0 Å². The molecule has 1 aromatic rings. The highest BCUT2D eigenvalue weighted by Crippen LogP contribution is 2.31. The number of nitrogens with one attached hydrogen (secondary N) is 1. The lowest BCUT2D eigenvalue weighted by molar-refractivity contribution is -0.117. The zero-order valence-electron chi connectivity index (χ0n) is 8.16. The highest BCUT2D eigenvalue weighted by atomic mass is 79.9. The Morgan fingerprint density at radius 2 is 2.33 bits per heavy atom. The van der Waals surface area contributed by atoms with Crippen LogP contribution in [0.2, 0.25) is 0 Å². The van der Waals surface area contributed by atoms with E-state index in [4.69, 9.17) is 5.73 Å². The molecule has 0 aliphatic carbocycles. The van der Waals surface area contributed by atoms with Crippen LogP contribution in [0, 0.1) is 0 Å². The molecule has 0 unspecified atom stereocenters. The topological polar surface area (TPSA) is 58.4 Å². The van der Waals surface area contributed by atoms with Gasteiger partial charge in [0.1, 0.15) is 0 Å². The van der Waals surface area contributed by atoms with Crippen LogP contribution in [0.1, 0.15) is 0 Å². The van der Waals surface area contributed by atoms with Crippen molar-refractivity contribution in [2.45, 2.75) is 0 Å². The standard InChI is InChI=1S/C10H12BrN3O/c11-7-1-2-8-9(5-7)14(4-3-12)10(15)6-13-8/h1-2,5,13H,3-4,6,12H2. The van der Waals surface area contributed by atoms with E-state index in [0.717, 1.165) is 15.8 Å². The third-order valence-electron chi connectivity index (χ3n) is 2.33. The maximum absolute atomic E-state index is 11.7. The fourth-order valence-corrected chi connectivity index (χ4v) is 2.00. The number of nitrogens with two attached hydrogens (primary N) is 1. The predicted octanol–water partition coefficient (Wildman–Crippen LogP) is 1.17. The highest BCUT2D eigenvalue weighted by Gasteiger charge is 2.22. The van der Waals surface area contributed by atoms with Gasteiger partial charge in [0.05, 0.1) is 17.9 Å². The molecule has 0 atom stereocenters. The van der Waals surface area contributed by atoms with Gasteiger partial charge >= 0.3 is 0 Å². The zero-order chi connectivity index (χ0) is 10.8. The van der Waals surface area contributed by atoms with E-state index in [1.165, 1.54) is 0 Å². The SMILES string of the molecule is NCCN1C(=O)CNc2ccc(Br)cc21. The number of benzene rings is 1. The van der Waals surface area contributed by atoms with Crippen molar-refractivity contribution in [1.82, 2.24) is 0 Å². The van der Waals surface area contributed by atoms with Crippen molar-refractivity contribution in [2.75, 3.05) is 29.9 Å². The maximum atomic E-state index is 11.7. The van der Waals surface area contributed by atoms with Crippen LogP contribution >= 0.6 is 15.9 Å². The fourth-order valence-electron chi connectivity index (χ4n) is 1.65. The fraction of sp³-hybridized carbons (Fsp3) is 0.300. The number of anilines is 2. The Morgan fingerprint density at radius 3 is 3.07 bits per heavy atom. The number of carbonyl (C=O) groups excluding carboxylic acids is 1. The minimum absolute atomic E-state index is 0.0612. The summed E-state index contributed by atoms with van der Waals surface area (Å²) in [6.45, 7) is 1.37. The second kappa shape index (κ2) is 4.20. The van der Waals surface area contributed by atoms with Crippen molar-refractivity contribution in [3.63, 3.8) is 0 Å². The third-order valence-corrected chi connectivity index (χ3v) is 2.83. The van der Waals surface area contributed by atoms with Gasteiger partial charge in [-0.1, -0.05) is 15.9 Å². The first-order valence-corrected chi connectivity index (χ1v) is 5.55. The monoisotopic (exact) mass is 269 g/mol. The second-order valence-electron chi connectivity index (χ2n) is 3.35. The number of fused-ring (bicyclic) bond motifs is 1. The van der Waals surface area contributed by atoms with Gasteiger partial charge in [-0.05, 0) is 18.2 Å². The summed E-state index contributed by atoms with van der Waals surface area (Å²) in [5, 5.41) is 3.08. The molecule has 2 rings (SSSR count). The van der Waals surface area contributed by atoms with E-state index in [1.807, 2.05) is 18.2 Å². The minimum Gasteiger partial charge on any atom is -0.374 e. The highest BCUT2D eigenvalue weighted by molar-refractivity contribution is 9.10. The average Bonchev–Trinajstić information content (AvgIpc) is 2.23. The number of rotatable bonds is 2. The van der Waals surface area contributed by atoms with Crippen LogP contribution in [-0.2, 0) is 4.79 Å². The third kappa shape index (κ3) is 1.98. The van der Waals surface area contributed by atoms with Gasteiger partial charge in [0.25, 0.3) is 0 Å². The quantitative estimate of drug-likeness (QED) is 0.848. The molecule has 1 aromatic carbocycles. The molecule has 1 aliphatic rings. The Hall–Kier alpha value is -1.07. The number of carbonyl (C=O) groups is 1. The summed E-state index contributed by atoms with van der Waals surface area (Å²) in [6, 6.07) is 5.83. The Morgan fingerprint density at radius 1 is 1.53 bits per heavy atom. The first-order chi connectivity index (χ1) is 7.22. The van der Waals surface area contributed by atoms with E-state index < -0.39 is 0 Å². The summed E-state index contributed by atoms with van der Waals surface area (Å²) in [5.74, 6) is 0.0612. The first kappa shape index (κ1) is 10.4. The smallest absolute Gasteiger partial charge is 0.246 e.